The standard InChI is InChI=1S/C54H32N2S2/c1-2-12-33(13-3-1)34-24-26-35(27-25-34)55-47-22-8-5-16-44(47)51-48(55)30-29-39-37-14-4-7-21-46(37)56(52(39)51)36-28-31-50-45(32-36)43-20-11-19-42(54(43)58-50)41-18-10-17-40-38-15-6-9-23-49(38)57-53(40)41/h1-32H. The lowest BCUT2D eigenvalue weighted by molar-refractivity contribution is 1.18. The molecule has 2 nitrogen and oxygen atoms in total. The van der Waals surface area contributed by atoms with Crippen LogP contribution in [-0.2, 0) is 0 Å². The summed E-state index contributed by atoms with van der Waals surface area (Å²) in [5.41, 5.74) is 12.2. The van der Waals surface area contributed by atoms with Gasteiger partial charge in [0.25, 0.3) is 0 Å². The Bertz CT molecular complexity index is 3780. The van der Waals surface area contributed by atoms with Crippen LogP contribution in [0.2, 0.25) is 0 Å². The summed E-state index contributed by atoms with van der Waals surface area (Å²) in [6.07, 6.45) is 0. The van der Waals surface area contributed by atoms with Gasteiger partial charge in [0.15, 0.2) is 0 Å². The van der Waals surface area contributed by atoms with Crippen molar-refractivity contribution in [2.24, 2.45) is 0 Å². The fourth-order valence-electron chi connectivity index (χ4n) is 9.59. The Morgan fingerprint density at radius 1 is 0.310 bits per heavy atom. The third-order valence-electron chi connectivity index (χ3n) is 12.1. The Balaban J connectivity index is 1.05. The fourth-order valence-corrected chi connectivity index (χ4v) is 12.0. The van der Waals surface area contributed by atoms with E-state index < -0.39 is 0 Å². The molecule has 0 saturated carbocycles. The highest BCUT2D eigenvalue weighted by atomic mass is 32.1. The van der Waals surface area contributed by atoms with Crippen LogP contribution in [0, 0.1) is 0 Å². The fraction of sp³-hybridized carbons (Fsp3) is 0. The van der Waals surface area contributed by atoms with Gasteiger partial charge in [0, 0.05) is 84.4 Å². The van der Waals surface area contributed by atoms with Gasteiger partial charge in [0.2, 0.25) is 0 Å². The number of thiophene rings is 2. The average molecular weight is 773 g/mol. The van der Waals surface area contributed by atoms with E-state index in [1.165, 1.54) is 112 Å². The van der Waals surface area contributed by atoms with Crippen LogP contribution in [0.5, 0.6) is 0 Å². The van der Waals surface area contributed by atoms with E-state index >= 15 is 0 Å². The second-order valence-corrected chi connectivity index (χ2v) is 17.3. The molecule has 0 saturated heterocycles. The van der Waals surface area contributed by atoms with E-state index in [4.69, 9.17) is 0 Å². The second-order valence-electron chi connectivity index (χ2n) is 15.2. The zero-order valence-corrected chi connectivity index (χ0v) is 32.8. The molecule has 13 aromatic rings. The maximum Gasteiger partial charge on any atom is 0.0641 e. The van der Waals surface area contributed by atoms with Crippen molar-refractivity contribution < 1.29 is 0 Å². The van der Waals surface area contributed by atoms with Crippen molar-refractivity contribution in [3.63, 3.8) is 0 Å². The van der Waals surface area contributed by atoms with Gasteiger partial charge in [-0.15, -0.1) is 22.7 Å². The lowest BCUT2D eigenvalue weighted by Gasteiger charge is -2.11. The van der Waals surface area contributed by atoms with Gasteiger partial charge in [-0.2, -0.15) is 0 Å². The zero-order valence-electron chi connectivity index (χ0n) is 31.2. The largest absolute Gasteiger partial charge is 0.309 e. The molecule has 270 valence electrons. The number of aromatic nitrogens is 2. The quantitative estimate of drug-likeness (QED) is 0.169. The lowest BCUT2D eigenvalue weighted by atomic mass is 10.0. The van der Waals surface area contributed by atoms with Gasteiger partial charge in [-0.3, -0.25) is 0 Å². The number of hydrogen-bond donors (Lipinski definition) is 0. The summed E-state index contributed by atoms with van der Waals surface area (Å²) in [6, 6.07) is 71.7. The topological polar surface area (TPSA) is 9.86 Å². The first-order valence-corrected chi connectivity index (χ1v) is 21.4. The van der Waals surface area contributed by atoms with E-state index in [1.807, 2.05) is 22.7 Å². The third-order valence-corrected chi connectivity index (χ3v) is 14.6. The summed E-state index contributed by atoms with van der Waals surface area (Å²) in [6.45, 7) is 0. The van der Waals surface area contributed by atoms with E-state index in [-0.39, 0.29) is 0 Å². The number of hydrogen-bond acceptors (Lipinski definition) is 2. The molecular weight excluding hydrogens is 741 g/mol. The predicted molar refractivity (Wildman–Crippen MR) is 252 cm³/mol. The maximum absolute atomic E-state index is 2.52. The minimum atomic E-state index is 1.15. The molecule has 0 aliphatic carbocycles. The van der Waals surface area contributed by atoms with Gasteiger partial charge in [-0.25, -0.2) is 0 Å². The maximum atomic E-state index is 2.52. The molecule has 4 heteroatoms. The molecule has 4 heterocycles. The van der Waals surface area contributed by atoms with E-state index in [0.29, 0.717) is 0 Å². The number of nitrogens with zero attached hydrogens (tertiary/aromatic N) is 2. The van der Waals surface area contributed by atoms with E-state index in [1.54, 1.807) is 0 Å². The molecule has 0 aliphatic rings. The number of fused-ring (bicyclic) bond motifs is 13. The Kier molecular flexibility index (Phi) is 6.79. The highest BCUT2D eigenvalue weighted by Gasteiger charge is 2.22. The first-order chi connectivity index (χ1) is 28.8. The number of rotatable bonds is 4. The smallest absolute Gasteiger partial charge is 0.0641 e. The van der Waals surface area contributed by atoms with Crippen molar-refractivity contribution in [1.29, 1.82) is 0 Å². The summed E-state index contributed by atoms with van der Waals surface area (Å²) < 4.78 is 10.3. The minimum Gasteiger partial charge on any atom is -0.309 e. The average Bonchev–Trinajstić information content (AvgIpc) is 4.04. The Labute approximate surface area is 341 Å². The highest BCUT2D eigenvalue weighted by Crippen LogP contribution is 2.47. The molecule has 0 atom stereocenters. The Morgan fingerprint density at radius 2 is 0.879 bits per heavy atom. The second kappa shape index (κ2) is 12.3. The van der Waals surface area contributed by atoms with Crippen LogP contribution in [-0.4, -0.2) is 9.13 Å². The van der Waals surface area contributed by atoms with Crippen molar-refractivity contribution in [1.82, 2.24) is 9.13 Å². The lowest BCUT2D eigenvalue weighted by Crippen LogP contribution is -1.95. The minimum absolute atomic E-state index is 1.15. The van der Waals surface area contributed by atoms with Crippen LogP contribution in [0.4, 0.5) is 0 Å². The van der Waals surface area contributed by atoms with Gasteiger partial charge in [0.05, 0.1) is 22.1 Å². The molecule has 13 rings (SSSR count). The molecule has 58 heavy (non-hydrogen) atoms. The highest BCUT2D eigenvalue weighted by molar-refractivity contribution is 7.27. The monoisotopic (exact) mass is 772 g/mol. The van der Waals surface area contributed by atoms with Gasteiger partial charge >= 0.3 is 0 Å². The molecule has 0 unspecified atom stereocenters. The van der Waals surface area contributed by atoms with Crippen LogP contribution in [0.3, 0.4) is 0 Å². The summed E-state index contributed by atoms with van der Waals surface area (Å²) in [5, 5.41) is 10.3. The molecule has 0 aliphatic heterocycles. The molecule has 0 fully saturated rings. The normalized spacial score (nSPS) is 12.1. The summed E-state index contributed by atoms with van der Waals surface area (Å²) in [4.78, 5) is 0. The summed E-state index contributed by atoms with van der Waals surface area (Å²) >= 11 is 3.81. The van der Waals surface area contributed by atoms with E-state index in [2.05, 4.69) is 203 Å². The van der Waals surface area contributed by atoms with Crippen LogP contribution in [0.15, 0.2) is 194 Å². The molecular formula is C54H32N2S2. The van der Waals surface area contributed by atoms with Crippen LogP contribution < -0.4 is 0 Å². The van der Waals surface area contributed by atoms with Gasteiger partial charge < -0.3 is 9.13 Å². The molecule has 0 amide bonds. The Hall–Kier alpha value is -6.98. The zero-order chi connectivity index (χ0) is 37.9. The number of benzene rings is 9. The Morgan fingerprint density at radius 3 is 1.64 bits per heavy atom. The predicted octanol–water partition coefficient (Wildman–Crippen LogP) is 16.0. The van der Waals surface area contributed by atoms with Crippen molar-refractivity contribution >= 4 is 107 Å². The molecule has 0 N–H and O–H groups in total. The third kappa shape index (κ3) is 4.53. The van der Waals surface area contributed by atoms with Crippen LogP contribution in [0.25, 0.3) is 118 Å². The molecule has 9 aromatic carbocycles. The first kappa shape index (κ1) is 32.1. The van der Waals surface area contributed by atoms with Crippen LogP contribution in [0.1, 0.15) is 0 Å². The molecule has 0 bridgehead atoms. The summed E-state index contributed by atoms with van der Waals surface area (Å²) in [7, 11) is 0. The number of para-hydroxylation sites is 2. The summed E-state index contributed by atoms with van der Waals surface area (Å²) in [5.74, 6) is 0. The molecule has 0 radical (unpaired) electrons. The van der Waals surface area contributed by atoms with E-state index in [9.17, 15) is 0 Å². The van der Waals surface area contributed by atoms with Crippen molar-refractivity contribution in [3.8, 4) is 33.6 Å². The van der Waals surface area contributed by atoms with Crippen LogP contribution >= 0.6 is 22.7 Å². The van der Waals surface area contributed by atoms with Gasteiger partial charge in [0.1, 0.15) is 0 Å². The molecule has 0 spiro atoms. The SMILES string of the molecule is c1ccc(-c2ccc(-n3c4ccccc4c4c3ccc3c5ccccc5n(-c5ccc6sc7c(-c8cccc9c8sc8ccccc89)cccc7c6c5)c34)cc2)cc1. The van der Waals surface area contributed by atoms with E-state index in [0.717, 1.165) is 5.69 Å². The van der Waals surface area contributed by atoms with Gasteiger partial charge in [-0.05, 0) is 65.7 Å². The van der Waals surface area contributed by atoms with Gasteiger partial charge in [-0.1, -0.05) is 140 Å². The first-order valence-electron chi connectivity index (χ1n) is 19.8. The molecule has 4 aromatic heterocycles. The van der Waals surface area contributed by atoms with Crippen molar-refractivity contribution in [3.05, 3.63) is 194 Å². The van der Waals surface area contributed by atoms with Crippen molar-refractivity contribution in [2.45, 2.75) is 0 Å². The van der Waals surface area contributed by atoms with Crippen molar-refractivity contribution in [2.75, 3.05) is 0 Å².